The maximum atomic E-state index is 13.6. The van der Waals surface area contributed by atoms with Crippen LogP contribution in [0, 0.1) is 17.7 Å². The monoisotopic (exact) mass is 424 g/mol. The van der Waals surface area contributed by atoms with E-state index in [1.54, 1.807) is 0 Å². The van der Waals surface area contributed by atoms with Gasteiger partial charge in [-0.15, -0.1) is 0 Å². The van der Waals surface area contributed by atoms with Gasteiger partial charge in [-0.3, -0.25) is 4.79 Å². The summed E-state index contributed by atoms with van der Waals surface area (Å²) in [5.74, 6) is -0.521. The molecular weight excluding hydrogens is 404 g/mol. The molecule has 2 aromatic rings. The van der Waals surface area contributed by atoms with Crippen LogP contribution in [0.2, 0.25) is 0 Å². The van der Waals surface area contributed by atoms with E-state index in [-0.39, 0.29) is 17.5 Å². The third kappa shape index (κ3) is 4.22. The highest BCUT2D eigenvalue weighted by molar-refractivity contribution is 7.99. The first-order chi connectivity index (χ1) is 13.7. The van der Waals surface area contributed by atoms with Gasteiger partial charge in [0.15, 0.2) is 0 Å². The molecule has 1 aliphatic carbocycles. The Bertz CT molecular complexity index is 960. The molecule has 0 bridgehead atoms. The van der Waals surface area contributed by atoms with Crippen LogP contribution in [0.5, 0.6) is 0 Å². The molecule has 1 saturated carbocycles. The van der Waals surface area contributed by atoms with Crippen molar-refractivity contribution in [3.63, 3.8) is 0 Å². The highest BCUT2D eigenvalue weighted by Crippen LogP contribution is 2.49. The van der Waals surface area contributed by atoms with Crippen LogP contribution < -0.4 is 10.6 Å². The molecule has 0 spiro atoms. The van der Waals surface area contributed by atoms with Gasteiger partial charge in [0.2, 0.25) is 5.91 Å². The number of nitrogens with one attached hydrogen (secondary N) is 2. The molecule has 1 fully saturated rings. The lowest BCUT2D eigenvalue weighted by Gasteiger charge is -2.28. The number of fused-ring (bicyclic) bond motifs is 2. The lowest BCUT2D eigenvalue weighted by atomic mass is 9.82. The van der Waals surface area contributed by atoms with Gasteiger partial charge in [-0.1, -0.05) is 31.5 Å². The van der Waals surface area contributed by atoms with Crippen LogP contribution in [0.15, 0.2) is 40.1 Å². The second kappa shape index (κ2) is 7.55. The largest absolute Gasteiger partial charge is 0.416 e. The van der Waals surface area contributed by atoms with Crippen molar-refractivity contribution in [1.29, 1.82) is 0 Å². The van der Waals surface area contributed by atoms with E-state index < -0.39 is 17.6 Å². The maximum absolute atomic E-state index is 13.6. The molecule has 3 nitrogen and oxygen atoms in total. The number of carbonyl (C=O) groups excluding carboxylic acids is 1. The molecule has 154 valence electrons. The molecule has 4 rings (SSSR count). The molecule has 2 aliphatic rings. The Kier molecular flexibility index (Phi) is 5.23. The molecule has 1 aliphatic heterocycles. The van der Waals surface area contributed by atoms with E-state index in [4.69, 9.17) is 0 Å². The molecule has 1 amide bonds. The number of anilines is 3. The smallest absolute Gasteiger partial charge is 0.352 e. The predicted octanol–water partition coefficient (Wildman–Crippen LogP) is 6.82. The maximum Gasteiger partial charge on any atom is 0.416 e. The fraction of sp³-hybridized carbons (Fsp3) is 0.381. The van der Waals surface area contributed by atoms with E-state index in [0.717, 1.165) is 49.6 Å². The van der Waals surface area contributed by atoms with Crippen molar-refractivity contribution in [3.8, 4) is 0 Å². The summed E-state index contributed by atoms with van der Waals surface area (Å²) in [6.45, 7) is 2.08. The predicted molar refractivity (Wildman–Crippen MR) is 105 cm³/mol. The Hall–Kier alpha value is -2.22. The molecule has 8 heteroatoms. The first-order valence-corrected chi connectivity index (χ1v) is 10.3. The van der Waals surface area contributed by atoms with E-state index in [2.05, 4.69) is 17.6 Å². The van der Waals surface area contributed by atoms with E-state index in [9.17, 15) is 22.4 Å². The Morgan fingerprint density at radius 3 is 2.69 bits per heavy atom. The van der Waals surface area contributed by atoms with E-state index in [1.165, 1.54) is 18.2 Å². The number of hydrogen-bond donors (Lipinski definition) is 2. The Balaban J connectivity index is 1.70. The Morgan fingerprint density at radius 1 is 1.17 bits per heavy atom. The van der Waals surface area contributed by atoms with Crippen molar-refractivity contribution >= 4 is 34.7 Å². The Labute approximate surface area is 170 Å². The van der Waals surface area contributed by atoms with Crippen molar-refractivity contribution in [2.24, 2.45) is 11.8 Å². The van der Waals surface area contributed by atoms with Crippen LogP contribution in [0.1, 0.15) is 38.2 Å². The third-order valence-electron chi connectivity index (χ3n) is 5.42. The van der Waals surface area contributed by atoms with Crippen LogP contribution >= 0.6 is 11.8 Å². The molecule has 29 heavy (non-hydrogen) atoms. The van der Waals surface area contributed by atoms with E-state index in [1.807, 2.05) is 0 Å². The first-order valence-electron chi connectivity index (χ1n) is 9.51. The van der Waals surface area contributed by atoms with Crippen molar-refractivity contribution < 1.29 is 22.4 Å². The van der Waals surface area contributed by atoms with E-state index >= 15 is 0 Å². The van der Waals surface area contributed by atoms with Gasteiger partial charge in [0.1, 0.15) is 5.82 Å². The minimum absolute atomic E-state index is 0.0699. The highest BCUT2D eigenvalue weighted by atomic mass is 32.2. The number of alkyl halides is 3. The van der Waals surface area contributed by atoms with Gasteiger partial charge < -0.3 is 10.6 Å². The minimum Gasteiger partial charge on any atom is -0.352 e. The number of amides is 1. The van der Waals surface area contributed by atoms with Crippen LogP contribution in [0.3, 0.4) is 0 Å². The second-order valence-electron chi connectivity index (χ2n) is 7.72. The standard InChI is InChI=1S/C21H20F4N2OS/c1-11-3-2-4-12(7-11)20(28)27-16-8-13(21(23,24)25)9-18-19(16)26-15-10-14(22)5-6-17(15)29-18/h5-6,8-12,26H,2-4,7H2,1H3,(H,27,28). The van der Waals surface area contributed by atoms with Crippen molar-refractivity contribution in [3.05, 3.63) is 41.7 Å². The summed E-state index contributed by atoms with van der Waals surface area (Å²) >= 11 is 1.12. The zero-order valence-electron chi connectivity index (χ0n) is 15.7. The first kappa shape index (κ1) is 20.1. The summed E-state index contributed by atoms with van der Waals surface area (Å²) in [7, 11) is 0. The molecule has 0 saturated heterocycles. The molecule has 2 unspecified atom stereocenters. The highest BCUT2D eigenvalue weighted by Gasteiger charge is 2.34. The molecule has 2 N–H and O–H groups in total. The van der Waals surface area contributed by atoms with Gasteiger partial charge in [-0.05, 0) is 49.1 Å². The van der Waals surface area contributed by atoms with Crippen LogP contribution in [0.4, 0.5) is 34.6 Å². The average Bonchev–Trinajstić information content (AvgIpc) is 2.65. The van der Waals surface area contributed by atoms with Crippen molar-refractivity contribution in [2.45, 2.75) is 48.6 Å². The third-order valence-corrected chi connectivity index (χ3v) is 6.53. The quantitative estimate of drug-likeness (QED) is 0.444. The minimum atomic E-state index is -4.54. The molecule has 1 heterocycles. The number of carbonyl (C=O) groups is 1. The zero-order chi connectivity index (χ0) is 20.8. The van der Waals surface area contributed by atoms with Gasteiger partial charge in [-0.25, -0.2) is 4.39 Å². The van der Waals surface area contributed by atoms with Crippen LogP contribution in [0.25, 0.3) is 0 Å². The molecule has 0 aromatic heterocycles. The van der Waals surface area contributed by atoms with Crippen molar-refractivity contribution in [1.82, 2.24) is 0 Å². The van der Waals surface area contributed by atoms with Crippen LogP contribution in [-0.4, -0.2) is 5.91 Å². The Morgan fingerprint density at radius 2 is 1.97 bits per heavy atom. The van der Waals surface area contributed by atoms with Gasteiger partial charge in [0, 0.05) is 15.7 Å². The average molecular weight is 424 g/mol. The van der Waals surface area contributed by atoms with E-state index in [0.29, 0.717) is 27.1 Å². The fourth-order valence-corrected chi connectivity index (χ4v) is 4.98. The fourth-order valence-electron chi connectivity index (χ4n) is 3.94. The van der Waals surface area contributed by atoms with Crippen molar-refractivity contribution in [2.75, 3.05) is 10.6 Å². The molecule has 2 atom stereocenters. The van der Waals surface area contributed by atoms with Crippen LogP contribution in [-0.2, 0) is 11.0 Å². The number of benzene rings is 2. The second-order valence-corrected chi connectivity index (χ2v) is 8.80. The van der Waals surface area contributed by atoms with Gasteiger partial charge in [-0.2, -0.15) is 13.2 Å². The van der Waals surface area contributed by atoms with Gasteiger partial charge in [0.05, 0.1) is 22.6 Å². The van der Waals surface area contributed by atoms with Gasteiger partial charge in [0.25, 0.3) is 0 Å². The topological polar surface area (TPSA) is 41.1 Å². The number of hydrogen-bond acceptors (Lipinski definition) is 3. The number of rotatable bonds is 2. The summed E-state index contributed by atoms with van der Waals surface area (Å²) in [6, 6.07) is 6.07. The summed E-state index contributed by atoms with van der Waals surface area (Å²) in [5.41, 5.74) is 0.0613. The molecular formula is C21H20F4N2OS. The molecule has 2 aromatic carbocycles. The lowest BCUT2D eigenvalue weighted by molar-refractivity contribution is -0.137. The summed E-state index contributed by atoms with van der Waals surface area (Å²) in [6.07, 6.45) is -1.10. The number of halogens is 4. The summed E-state index contributed by atoms with van der Waals surface area (Å²) in [5, 5.41) is 5.71. The zero-order valence-corrected chi connectivity index (χ0v) is 16.5. The van der Waals surface area contributed by atoms with Gasteiger partial charge >= 0.3 is 6.18 Å². The lowest BCUT2D eigenvalue weighted by Crippen LogP contribution is -2.28. The SMILES string of the molecule is CC1CCCC(C(=O)Nc2cc(C(F)(F)F)cc3c2Nc2cc(F)ccc2S3)C1. The summed E-state index contributed by atoms with van der Waals surface area (Å²) in [4.78, 5) is 13.7. The molecule has 0 radical (unpaired) electrons. The normalized spacial score (nSPS) is 21.0. The summed E-state index contributed by atoms with van der Waals surface area (Å²) < 4.78 is 53.9.